The lowest BCUT2D eigenvalue weighted by Crippen LogP contribution is -2.36. The number of nitrogens with zero attached hydrogens (tertiary/aromatic N) is 2. The van der Waals surface area contributed by atoms with E-state index in [1.165, 1.54) is 37.9 Å². The smallest absolute Gasteiger partial charge is 0.0399 e. The van der Waals surface area contributed by atoms with Crippen molar-refractivity contribution in [3.8, 4) is 0 Å². The van der Waals surface area contributed by atoms with E-state index in [2.05, 4.69) is 37.9 Å². The fourth-order valence-electron chi connectivity index (χ4n) is 2.21. The number of hydrogen-bond acceptors (Lipinski definition) is 2. The molecule has 1 aromatic rings. The Bertz CT molecular complexity index is 289. The molecule has 1 fully saturated rings. The Hall–Kier alpha value is -0.570. The second-order valence-corrected chi connectivity index (χ2v) is 4.70. The van der Waals surface area contributed by atoms with Crippen LogP contribution in [0.15, 0.2) is 24.5 Å². The monoisotopic (exact) mass is 268 g/mol. The van der Waals surface area contributed by atoms with E-state index >= 15 is 0 Å². The maximum Gasteiger partial charge on any atom is 0.0399 e. The fraction of sp³-hybridized carbons (Fsp3) is 0.583. The molecule has 82 valence electrons. The van der Waals surface area contributed by atoms with E-state index in [0.29, 0.717) is 6.04 Å². The summed E-state index contributed by atoms with van der Waals surface area (Å²) in [5, 5.41) is 1.06. The van der Waals surface area contributed by atoms with Crippen molar-refractivity contribution in [1.29, 1.82) is 0 Å². The number of alkyl halides is 1. The van der Waals surface area contributed by atoms with Gasteiger partial charge in [0.05, 0.1) is 0 Å². The number of hydrogen-bond donors (Lipinski definition) is 0. The summed E-state index contributed by atoms with van der Waals surface area (Å²) in [5.41, 5.74) is 1.32. The summed E-state index contributed by atoms with van der Waals surface area (Å²) in [6.45, 7) is 1.18. The van der Waals surface area contributed by atoms with Gasteiger partial charge in [-0.05, 0) is 25.0 Å². The van der Waals surface area contributed by atoms with Crippen LogP contribution >= 0.6 is 15.9 Å². The van der Waals surface area contributed by atoms with E-state index in [0.717, 1.165) is 5.33 Å². The summed E-state index contributed by atoms with van der Waals surface area (Å²) in [7, 11) is 0. The van der Waals surface area contributed by atoms with Crippen LogP contribution in [0.4, 0.5) is 5.69 Å². The summed E-state index contributed by atoms with van der Waals surface area (Å²) in [6, 6.07) is 4.87. The summed E-state index contributed by atoms with van der Waals surface area (Å²) in [4.78, 5) is 6.59. The van der Waals surface area contributed by atoms with Gasteiger partial charge >= 0.3 is 0 Å². The van der Waals surface area contributed by atoms with E-state index in [-0.39, 0.29) is 0 Å². The summed E-state index contributed by atoms with van der Waals surface area (Å²) >= 11 is 3.63. The number of halogens is 1. The Morgan fingerprint density at radius 2 is 2.07 bits per heavy atom. The molecule has 1 aromatic heterocycles. The van der Waals surface area contributed by atoms with Crippen molar-refractivity contribution in [2.75, 3.05) is 16.8 Å². The van der Waals surface area contributed by atoms with Gasteiger partial charge in [0.15, 0.2) is 0 Å². The minimum Gasteiger partial charge on any atom is -0.368 e. The molecule has 0 aromatic carbocycles. The molecular formula is C12H17BrN2. The van der Waals surface area contributed by atoms with Crippen LogP contribution in [0.2, 0.25) is 0 Å². The molecule has 0 amide bonds. The van der Waals surface area contributed by atoms with Gasteiger partial charge in [0.2, 0.25) is 0 Å². The van der Waals surface area contributed by atoms with Crippen LogP contribution in [-0.4, -0.2) is 22.9 Å². The van der Waals surface area contributed by atoms with E-state index in [1.54, 1.807) is 0 Å². The van der Waals surface area contributed by atoms with Gasteiger partial charge in [0.25, 0.3) is 0 Å². The molecule has 0 radical (unpaired) electrons. The highest BCUT2D eigenvalue weighted by molar-refractivity contribution is 9.09. The van der Waals surface area contributed by atoms with Crippen molar-refractivity contribution < 1.29 is 0 Å². The molecule has 1 aliphatic heterocycles. The molecular weight excluding hydrogens is 252 g/mol. The van der Waals surface area contributed by atoms with Crippen LogP contribution in [0.3, 0.4) is 0 Å². The number of aromatic nitrogens is 1. The first-order chi connectivity index (χ1) is 7.42. The maximum absolute atomic E-state index is 4.08. The van der Waals surface area contributed by atoms with Gasteiger partial charge in [-0.25, -0.2) is 0 Å². The van der Waals surface area contributed by atoms with Gasteiger partial charge < -0.3 is 4.90 Å². The Balaban J connectivity index is 2.16. The van der Waals surface area contributed by atoms with Gasteiger partial charge in [-0.1, -0.05) is 28.8 Å². The van der Waals surface area contributed by atoms with Crippen molar-refractivity contribution in [2.45, 2.75) is 31.7 Å². The molecule has 0 saturated carbocycles. The third-order valence-corrected chi connectivity index (χ3v) is 3.80. The lowest BCUT2D eigenvalue weighted by Gasteiger charge is -2.30. The molecule has 0 aliphatic carbocycles. The highest BCUT2D eigenvalue weighted by Gasteiger charge is 2.19. The Kier molecular flexibility index (Phi) is 4.01. The van der Waals surface area contributed by atoms with Crippen LogP contribution in [0.5, 0.6) is 0 Å². The first kappa shape index (κ1) is 10.9. The van der Waals surface area contributed by atoms with Crippen LogP contribution < -0.4 is 4.90 Å². The second kappa shape index (κ2) is 5.50. The van der Waals surface area contributed by atoms with E-state index in [4.69, 9.17) is 0 Å². The van der Waals surface area contributed by atoms with Gasteiger partial charge in [0, 0.05) is 36.0 Å². The van der Waals surface area contributed by atoms with Gasteiger partial charge in [0.1, 0.15) is 0 Å². The fourth-order valence-corrected chi connectivity index (χ4v) is 2.89. The first-order valence-corrected chi connectivity index (χ1v) is 6.76. The average Bonchev–Trinajstić information content (AvgIpc) is 2.55. The average molecular weight is 269 g/mol. The SMILES string of the molecule is BrCC1CCCCCN1c1ccncc1. The molecule has 1 aliphatic rings. The zero-order valence-electron chi connectivity index (χ0n) is 8.90. The molecule has 2 nitrogen and oxygen atoms in total. The predicted octanol–water partition coefficient (Wildman–Crippen LogP) is 3.23. The standard InChI is InChI=1S/C12H17BrN2/c13-10-12-4-2-1-3-9-15(12)11-5-7-14-8-6-11/h5-8,12H,1-4,9-10H2. The topological polar surface area (TPSA) is 16.1 Å². The molecule has 0 N–H and O–H groups in total. The third-order valence-electron chi connectivity index (χ3n) is 3.05. The maximum atomic E-state index is 4.08. The van der Waals surface area contributed by atoms with E-state index < -0.39 is 0 Å². The van der Waals surface area contributed by atoms with Crippen LogP contribution in [0.25, 0.3) is 0 Å². The summed E-state index contributed by atoms with van der Waals surface area (Å²) in [6.07, 6.45) is 9.10. The molecule has 1 saturated heterocycles. The van der Waals surface area contributed by atoms with Crippen molar-refractivity contribution >= 4 is 21.6 Å². The Morgan fingerprint density at radius 3 is 2.80 bits per heavy atom. The van der Waals surface area contributed by atoms with E-state index in [9.17, 15) is 0 Å². The summed E-state index contributed by atoms with van der Waals surface area (Å²) < 4.78 is 0. The first-order valence-electron chi connectivity index (χ1n) is 5.64. The molecule has 0 spiro atoms. The lowest BCUT2D eigenvalue weighted by atomic mass is 10.1. The predicted molar refractivity (Wildman–Crippen MR) is 67.6 cm³/mol. The van der Waals surface area contributed by atoms with Gasteiger partial charge in [-0.15, -0.1) is 0 Å². The normalized spacial score (nSPS) is 22.5. The highest BCUT2D eigenvalue weighted by Crippen LogP contribution is 2.24. The highest BCUT2D eigenvalue weighted by atomic mass is 79.9. The molecule has 0 bridgehead atoms. The number of pyridine rings is 1. The quantitative estimate of drug-likeness (QED) is 0.766. The lowest BCUT2D eigenvalue weighted by molar-refractivity contribution is 0.626. The largest absolute Gasteiger partial charge is 0.368 e. The third kappa shape index (κ3) is 2.71. The zero-order valence-corrected chi connectivity index (χ0v) is 10.5. The van der Waals surface area contributed by atoms with Gasteiger partial charge in [-0.2, -0.15) is 0 Å². The number of rotatable bonds is 2. The van der Waals surface area contributed by atoms with Crippen LogP contribution in [0, 0.1) is 0 Å². The summed E-state index contributed by atoms with van der Waals surface area (Å²) in [5.74, 6) is 0. The molecule has 3 heteroatoms. The van der Waals surface area contributed by atoms with Crippen molar-refractivity contribution in [3.63, 3.8) is 0 Å². The zero-order chi connectivity index (χ0) is 10.5. The minimum atomic E-state index is 0.648. The van der Waals surface area contributed by atoms with Crippen LogP contribution in [-0.2, 0) is 0 Å². The Morgan fingerprint density at radius 1 is 1.27 bits per heavy atom. The van der Waals surface area contributed by atoms with Gasteiger partial charge in [-0.3, -0.25) is 4.98 Å². The second-order valence-electron chi connectivity index (χ2n) is 4.06. The van der Waals surface area contributed by atoms with E-state index in [1.807, 2.05) is 12.4 Å². The number of anilines is 1. The Labute approximate surface area is 99.8 Å². The van der Waals surface area contributed by atoms with Crippen molar-refractivity contribution in [3.05, 3.63) is 24.5 Å². The van der Waals surface area contributed by atoms with Crippen molar-refractivity contribution in [1.82, 2.24) is 4.98 Å². The minimum absolute atomic E-state index is 0.648. The molecule has 2 rings (SSSR count). The van der Waals surface area contributed by atoms with Crippen molar-refractivity contribution in [2.24, 2.45) is 0 Å². The van der Waals surface area contributed by atoms with Crippen LogP contribution in [0.1, 0.15) is 25.7 Å². The molecule has 1 unspecified atom stereocenters. The molecule has 2 heterocycles. The molecule has 15 heavy (non-hydrogen) atoms. The molecule has 1 atom stereocenters.